The van der Waals surface area contributed by atoms with Gasteiger partial charge in [-0.3, -0.25) is 0 Å². The van der Waals surface area contributed by atoms with Crippen molar-refractivity contribution in [2.75, 3.05) is 6.61 Å². The molecule has 3 rings (SSSR count). The molecule has 1 aromatic rings. The van der Waals surface area contributed by atoms with Gasteiger partial charge in [-0.05, 0) is 42.7 Å². The molecule has 1 saturated carbocycles. The molecule has 0 bridgehead atoms. The van der Waals surface area contributed by atoms with E-state index in [0.29, 0.717) is 6.61 Å². The van der Waals surface area contributed by atoms with Gasteiger partial charge in [0.2, 0.25) is 0 Å². The first-order valence-electron chi connectivity index (χ1n) is 7.53. The summed E-state index contributed by atoms with van der Waals surface area (Å²) in [7, 11) is 0. The smallest absolute Gasteiger partial charge is 0.0528 e. The zero-order valence-electron chi connectivity index (χ0n) is 11.2. The van der Waals surface area contributed by atoms with E-state index in [9.17, 15) is 5.11 Å². The van der Waals surface area contributed by atoms with E-state index in [1.165, 1.54) is 62.5 Å². The van der Waals surface area contributed by atoms with Crippen molar-refractivity contribution in [3.63, 3.8) is 0 Å². The van der Waals surface area contributed by atoms with Gasteiger partial charge in [0.1, 0.15) is 0 Å². The fraction of sp³-hybridized carbons (Fsp3) is 0.647. The molecule has 18 heavy (non-hydrogen) atoms. The van der Waals surface area contributed by atoms with E-state index in [2.05, 4.69) is 24.3 Å². The molecule has 0 radical (unpaired) electrons. The number of hydrogen-bond acceptors (Lipinski definition) is 1. The van der Waals surface area contributed by atoms with Gasteiger partial charge in [-0.15, -0.1) is 0 Å². The average Bonchev–Trinajstić information content (AvgIpc) is 2.92. The predicted molar refractivity (Wildman–Crippen MR) is 74.7 cm³/mol. The molecule has 1 unspecified atom stereocenters. The fourth-order valence-electron chi connectivity index (χ4n) is 4.22. The number of aliphatic hydroxyl groups excluding tert-OH is 1. The van der Waals surface area contributed by atoms with Gasteiger partial charge in [0.05, 0.1) is 6.61 Å². The number of aliphatic hydroxyl groups is 1. The minimum atomic E-state index is 0.0733. The van der Waals surface area contributed by atoms with Crippen molar-refractivity contribution in [1.29, 1.82) is 0 Å². The standard InChI is InChI=1S/C17H24O/c18-13-17(12-14-6-1-2-7-14)11-5-9-15-8-3-4-10-16(15)17/h3-4,8,10,14,18H,1-2,5-7,9,11-13H2. The number of benzene rings is 1. The van der Waals surface area contributed by atoms with Crippen LogP contribution in [0.2, 0.25) is 0 Å². The molecule has 0 saturated heterocycles. The van der Waals surface area contributed by atoms with Crippen LogP contribution in [0.4, 0.5) is 0 Å². The Morgan fingerprint density at radius 3 is 2.67 bits per heavy atom. The Morgan fingerprint density at radius 1 is 1.11 bits per heavy atom. The van der Waals surface area contributed by atoms with Crippen LogP contribution in [0.3, 0.4) is 0 Å². The minimum Gasteiger partial charge on any atom is -0.395 e. The van der Waals surface area contributed by atoms with Gasteiger partial charge in [0.25, 0.3) is 0 Å². The highest BCUT2D eigenvalue weighted by molar-refractivity contribution is 5.37. The van der Waals surface area contributed by atoms with Crippen LogP contribution < -0.4 is 0 Å². The second-order valence-electron chi connectivity index (χ2n) is 6.30. The molecule has 0 amide bonds. The van der Waals surface area contributed by atoms with Crippen LogP contribution in [0.15, 0.2) is 24.3 Å². The summed E-state index contributed by atoms with van der Waals surface area (Å²) in [5, 5.41) is 10.0. The van der Waals surface area contributed by atoms with Gasteiger partial charge in [-0.2, -0.15) is 0 Å². The Labute approximate surface area is 110 Å². The second-order valence-corrected chi connectivity index (χ2v) is 6.30. The Bertz CT molecular complexity index is 406. The van der Waals surface area contributed by atoms with E-state index in [-0.39, 0.29) is 5.41 Å². The third-order valence-electron chi connectivity index (χ3n) is 5.15. The van der Waals surface area contributed by atoms with Crippen molar-refractivity contribution in [1.82, 2.24) is 0 Å². The molecule has 0 aliphatic heterocycles. The van der Waals surface area contributed by atoms with E-state index in [1.54, 1.807) is 0 Å². The van der Waals surface area contributed by atoms with Crippen molar-refractivity contribution in [3.05, 3.63) is 35.4 Å². The van der Waals surface area contributed by atoms with Crippen LogP contribution in [0, 0.1) is 5.92 Å². The van der Waals surface area contributed by atoms with Crippen molar-refractivity contribution < 1.29 is 5.11 Å². The van der Waals surface area contributed by atoms with E-state index in [1.807, 2.05) is 0 Å². The third kappa shape index (κ3) is 2.09. The maximum absolute atomic E-state index is 10.0. The van der Waals surface area contributed by atoms with Crippen molar-refractivity contribution in [2.24, 2.45) is 5.92 Å². The largest absolute Gasteiger partial charge is 0.395 e. The molecule has 98 valence electrons. The number of aryl methyl sites for hydroxylation is 1. The summed E-state index contributed by atoms with van der Waals surface area (Å²) in [5.41, 5.74) is 3.01. The summed E-state index contributed by atoms with van der Waals surface area (Å²) in [5.74, 6) is 0.850. The van der Waals surface area contributed by atoms with Gasteiger partial charge in [0, 0.05) is 5.41 Å². The fourth-order valence-corrected chi connectivity index (χ4v) is 4.22. The summed E-state index contributed by atoms with van der Waals surface area (Å²) in [6.45, 7) is 0.334. The minimum absolute atomic E-state index is 0.0733. The molecule has 1 aromatic carbocycles. The number of hydrogen-bond donors (Lipinski definition) is 1. The highest BCUT2D eigenvalue weighted by Gasteiger charge is 2.38. The average molecular weight is 244 g/mol. The molecule has 1 fully saturated rings. The Balaban J connectivity index is 1.91. The first-order valence-corrected chi connectivity index (χ1v) is 7.53. The van der Waals surface area contributed by atoms with Crippen LogP contribution in [-0.4, -0.2) is 11.7 Å². The van der Waals surface area contributed by atoms with Crippen LogP contribution in [0.5, 0.6) is 0 Å². The Morgan fingerprint density at radius 2 is 1.89 bits per heavy atom. The van der Waals surface area contributed by atoms with E-state index in [4.69, 9.17) is 0 Å². The lowest BCUT2D eigenvalue weighted by Crippen LogP contribution is -2.36. The molecule has 0 spiro atoms. The molecule has 1 atom stereocenters. The first kappa shape index (κ1) is 12.2. The van der Waals surface area contributed by atoms with Crippen molar-refractivity contribution >= 4 is 0 Å². The van der Waals surface area contributed by atoms with Gasteiger partial charge in [0.15, 0.2) is 0 Å². The molecule has 0 heterocycles. The van der Waals surface area contributed by atoms with Crippen LogP contribution >= 0.6 is 0 Å². The lowest BCUT2D eigenvalue weighted by molar-refractivity contribution is 0.146. The van der Waals surface area contributed by atoms with Crippen molar-refractivity contribution in [3.8, 4) is 0 Å². The highest BCUT2D eigenvalue weighted by Crippen LogP contribution is 2.44. The normalized spacial score (nSPS) is 28.3. The quantitative estimate of drug-likeness (QED) is 0.856. The molecule has 0 aromatic heterocycles. The molecule has 1 heteroatoms. The summed E-state index contributed by atoms with van der Waals surface area (Å²) in [4.78, 5) is 0. The molecule has 1 nitrogen and oxygen atoms in total. The topological polar surface area (TPSA) is 20.2 Å². The van der Waals surface area contributed by atoms with Gasteiger partial charge < -0.3 is 5.11 Å². The van der Waals surface area contributed by atoms with Gasteiger partial charge in [-0.1, -0.05) is 49.9 Å². The Kier molecular flexibility index (Phi) is 3.43. The second kappa shape index (κ2) is 5.05. The van der Waals surface area contributed by atoms with E-state index in [0.717, 1.165) is 5.92 Å². The zero-order chi connectivity index (χ0) is 12.4. The lowest BCUT2D eigenvalue weighted by Gasteiger charge is -2.39. The highest BCUT2D eigenvalue weighted by atomic mass is 16.3. The molecule has 1 N–H and O–H groups in total. The molecule has 2 aliphatic rings. The summed E-state index contributed by atoms with van der Waals surface area (Å²) < 4.78 is 0. The van der Waals surface area contributed by atoms with Crippen LogP contribution in [-0.2, 0) is 11.8 Å². The summed E-state index contributed by atoms with van der Waals surface area (Å²) in [6.07, 6.45) is 10.4. The molecule has 2 aliphatic carbocycles. The third-order valence-corrected chi connectivity index (χ3v) is 5.15. The maximum Gasteiger partial charge on any atom is 0.0528 e. The summed E-state index contributed by atoms with van der Waals surface area (Å²) in [6, 6.07) is 8.80. The van der Waals surface area contributed by atoms with Gasteiger partial charge in [-0.25, -0.2) is 0 Å². The lowest BCUT2D eigenvalue weighted by atomic mass is 9.66. The number of rotatable bonds is 3. The van der Waals surface area contributed by atoms with E-state index >= 15 is 0 Å². The first-order chi connectivity index (χ1) is 8.84. The van der Waals surface area contributed by atoms with Gasteiger partial charge >= 0.3 is 0 Å². The predicted octanol–water partition coefficient (Wildman–Crippen LogP) is 3.83. The Hall–Kier alpha value is -0.820. The van der Waals surface area contributed by atoms with E-state index < -0.39 is 0 Å². The van der Waals surface area contributed by atoms with Crippen molar-refractivity contribution in [2.45, 2.75) is 56.8 Å². The zero-order valence-corrected chi connectivity index (χ0v) is 11.2. The monoisotopic (exact) mass is 244 g/mol. The SMILES string of the molecule is OCC1(CC2CCCC2)CCCc2ccccc21. The van der Waals surface area contributed by atoms with Crippen LogP contribution in [0.25, 0.3) is 0 Å². The number of fused-ring (bicyclic) bond motifs is 1. The molecular weight excluding hydrogens is 220 g/mol. The summed E-state index contributed by atoms with van der Waals surface area (Å²) >= 11 is 0. The molecular formula is C17H24O. The maximum atomic E-state index is 10.0. The van der Waals surface area contributed by atoms with Crippen LogP contribution in [0.1, 0.15) is 56.1 Å².